The van der Waals surface area contributed by atoms with Gasteiger partial charge < -0.3 is 5.11 Å². The van der Waals surface area contributed by atoms with Crippen molar-refractivity contribution in [2.45, 2.75) is 19.8 Å². The van der Waals surface area contributed by atoms with Crippen LogP contribution in [0.5, 0.6) is 0 Å². The molecule has 1 aromatic rings. The Balaban J connectivity index is 3.17. The Labute approximate surface area is 115 Å². The number of nitrogens with zero attached hydrogens (tertiary/aromatic N) is 1. The van der Waals surface area contributed by atoms with Crippen molar-refractivity contribution in [3.8, 4) is 0 Å². The van der Waals surface area contributed by atoms with E-state index in [1.807, 2.05) is 6.92 Å². The first kappa shape index (κ1) is 15.9. The number of hydrogen-bond donors (Lipinski definition) is 2. The Morgan fingerprint density at radius 1 is 1.45 bits per heavy atom. The number of carboxylic acid groups (broad SMARTS) is 1. The zero-order valence-electron chi connectivity index (χ0n) is 10.7. The van der Waals surface area contributed by atoms with Crippen molar-refractivity contribution in [1.29, 1.82) is 0 Å². The van der Waals surface area contributed by atoms with Crippen molar-refractivity contribution in [1.82, 2.24) is 0 Å². The predicted molar refractivity (Wildman–Crippen MR) is 72.4 cm³/mol. The van der Waals surface area contributed by atoms with Gasteiger partial charge in [0.2, 0.25) is 10.0 Å². The van der Waals surface area contributed by atoms with Gasteiger partial charge in [-0.1, -0.05) is 13.3 Å². The lowest BCUT2D eigenvalue weighted by Gasteiger charge is -2.10. The van der Waals surface area contributed by atoms with Crippen LogP contribution < -0.4 is 4.72 Å². The molecular formula is C11H14N2O6S. The fraction of sp³-hybridized carbons (Fsp3) is 0.364. The number of sulfonamides is 1. The summed E-state index contributed by atoms with van der Waals surface area (Å²) < 4.78 is 25.6. The van der Waals surface area contributed by atoms with Crippen LogP contribution >= 0.6 is 0 Å². The zero-order valence-corrected chi connectivity index (χ0v) is 11.5. The highest BCUT2D eigenvalue weighted by molar-refractivity contribution is 7.92. The monoisotopic (exact) mass is 302 g/mol. The summed E-state index contributed by atoms with van der Waals surface area (Å²) in [5, 5.41) is 19.6. The molecule has 0 aromatic heterocycles. The molecule has 0 fully saturated rings. The number of aromatic carboxylic acids is 1. The molecule has 0 saturated carbocycles. The maximum atomic E-state index is 11.7. The van der Waals surface area contributed by atoms with Crippen LogP contribution in [-0.4, -0.2) is 30.2 Å². The number of unbranched alkanes of at least 4 members (excludes halogenated alkanes) is 1. The van der Waals surface area contributed by atoms with Gasteiger partial charge >= 0.3 is 5.97 Å². The molecule has 0 aliphatic carbocycles. The fourth-order valence-corrected chi connectivity index (χ4v) is 2.74. The second-order valence-corrected chi connectivity index (χ2v) is 5.91. The van der Waals surface area contributed by atoms with Crippen LogP contribution in [0.3, 0.4) is 0 Å². The molecule has 8 nitrogen and oxygen atoms in total. The summed E-state index contributed by atoms with van der Waals surface area (Å²) in [6, 6.07) is 2.90. The number of carbonyl (C=O) groups is 1. The van der Waals surface area contributed by atoms with E-state index < -0.39 is 20.9 Å². The zero-order chi connectivity index (χ0) is 15.3. The molecule has 2 N–H and O–H groups in total. The number of nitrogens with one attached hydrogen (secondary N) is 1. The third-order valence-corrected chi connectivity index (χ3v) is 3.83. The Morgan fingerprint density at radius 3 is 2.60 bits per heavy atom. The van der Waals surface area contributed by atoms with Gasteiger partial charge in [0.15, 0.2) is 0 Å². The van der Waals surface area contributed by atoms with E-state index in [2.05, 4.69) is 4.72 Å². The molecule has 20 heavy (non-hydrogen) atoms. The van der Waals surface area contributed by atoms with Crippen molar-refractivity contribution in [2.24, 2.45) is 0 Å². The molecule has 1 aromatic carbocycles. The molecule has 0 radical (unpaired) electrons. The van der Waals surface area contributed by atoms with Gasteiger partial charge in [0.1, 0.15) is 0 Å². The molecule has 0 bridgehead atoms. The number of rotatable bonds is 7. The van der Waals surface area contributed by atoms with Crippen LogP contribution in [0.2, 0.25) is 0 Å². The first-order valence-electron chi connectivity index (χ1n) is 5.79. The number of anilines is 1. The van der Waals surface area contributed by atoms with E-state index in [1.54, 1.807) is 0 Å². The standard InChI is InChI=1S/C11H14N2O6S/c1-2-3-6-20(18,19)12-10-7-8(13(16)17)4-5-9(10)11(14)15/h4-5,7,12H,2-3,6H2,1H3,(H,14,15). The van der Waals surface area contributed by atoms with Gasteiger partial charge in [-0.25, -0.2) is 13.2 Å². The highest BCUT2D eigenvalue weighted by atomic mass is 32.2. The summed E-state index contributed by atoms with van der Waals surface area (Å²) in [5.41, 5.74) is -1.03. The normalized spacial score (nSPS) is 11.1. The second kappa shape index (κ2) is 6.33. The highest BCUT2D eigenvalue weighted by Gasteiger charge is 2.19. The third-order valence-electron chi connectivity index (χ3n) is 2.48. The second-order valence-electron chi connectivity index (χ2n) is 4.07. The summed E-state index contributed by atoms with van der Waals surface area (Å²) in [6.07, 6.45) is 1.06. The molecular weight excluding hydrogens is 288 g/mol. The summed E-state index contributed by atoms with van der Waals surface area (Å²) >= 11 is 0. The molecule has 9 heteroatoms. The van der Waals surface area contributed by atoms with Crippen LogP contribution in [0, 0.1) is 10.1 Å². The third kappa shape index (κ3) is 4.19. The Morgan fingerprint density at radius 2 is 2.10 bits per heavy atom. The molecule has 110 valence electrons. The van der Waals surface area contributed by atoms with Gasteiger partial charge in [0.05, 0.1) is 21.9 Å². The van der Waals surface area contributed by atoms with E-state index in [0.717, 1.165) is 18.2 Å². The fourth-order valence-electron chi connectivity index (χ4n) is 1.47. The van der Waals surface area contributed by atoms with E-state index >= 15 is 0 Å². The van der Waals surface area contributed by atoms with Crippen LogP contribution in [0.15, 0.2) is 18.2 Å². The smallest absolute Gasteiger partial charge is 0.337 e. The van der Waals surface area contributed by atoms with Crippen molar-refractivity contribution in [3.63, 3.8) is 0 Å². The number of benzene rings is 1. The van der Waals surface area contributed by atoms with Gasteiger partial charge in [-0.15, -0.1) is 0 Å². The SMILES string of the molecule is CCCCS(=O)(=O)Nc1cc([N+](=O)[O-])ccc1C(=O)O. The van der Waals surface area contributed by atoms with E-state index in [4.69, 9.17) is 5.11 Å². The molecule has 0 atom stereocenters. The molecule has 0 spiro atoms. The first-order chi connectivity index (χ1) is 9.26. The Bertz CT molecular complexity index is 626. The van der Waals surface area contributed by atoms with Crippen molar-refractivity contribution < 1.29 is 23.2 Å². The van der Waals surface area contributed by atoms with E-state index in [0.29, 0.717) is 12.8 Å². The largest absolute Gasteiger partial charge is 0.478 e. The van der Waals surface area contributed by atoms with Crippen molar-refractivity contribution in [3.05, 3.63) is 33.9 Å². The van der Waals surface area contributed by atoms with Gasteiger partial charge in [-0.2, -0.15) is 0 Å². The molecule has 1 rings (SSSR count). The molecule has 0 aliphatic heterocycles. The average molecular weight is 302 g/mol. The van der Waals surface area contributed by atoms with Crippen LogP contribution in [0.25, 0.3) is 0 Å². The minimum atomic E-state index is -3.73. The minimum absolute atomic E-state index is 0.175. The Kier molecular flexibility index (Phi) is 5.03. The summed E-state index contributed by atoms with van der Waals surface area (Å²) in [7, 11) is -3.73. The van der Waals surface area contributed by atoms with E-state index in [9.17, 15) is 23.3 Å². The average Bonchev–Trinajstić information content (AvgIpc) is 2.35. The minimum Gasteiger partial charge on any atom is -0.478 e. The summed E-state index contributed by atoms with van der Waals surface area (Å²) in [6.45, 7) is 1.81. The lowest BCUT2D eigenvalue weighted by Crippen LogP contribution is -2.18. The van der Waals surface area contributed by atoms with Gasteiger partial charge in [0, 0.05) is 12.1 Å². The first-order valence-corrected chi connectivity index (χ1v) is 7.44. The molecule has 0 unspecified atom stereocenters. The lowest BCUT2D eigenvalue weighted by molar-refractivity contribution is -0.384. The Hall–Kier alpha value is -2.16. The van der Waals surface area contributed by atoms with Gasteiger partial charge in [-0.3, -0.25) is 14.8 Å². The van der Waals surface area contributed by atoms with E-state index in [-0.39, 0.29) is 22.7 Å². The number of carboxylic acids is 1. The van der Waals surface area contributed by atoms with Gasteiger partial charge in [-0.05, 0) is 12.5 Å². The lowest BCUT2D eigenvalue weighted by atomic mass is 10.1. The molecule has 0 heterocycles. The maximum absolute atomic E-state index is 11.7. The number of hydrogen-bond acceptors (Lipinski definition) is 5. The summed E-state index contributed by atoms with van der Waals surface area (Å²) in [4.78, 5) is 20.9. The van der Waals surface area contributed by atoms with Crippen molar-refractivity contribution >= 4 is 27.4 Å². The summed E-state index contributed by atoms with van der Waals surface area (Å²) in [5.74, 6) is -1.54. The number of non-ortho nitro benzene ring substituents is 1. The van der Waals surface area contributed by atoms with Gasteiger partial charge in [0.25, 0.3) is 5.69 Å². The quantitative estimate of drug-likeness (QED) is 0.584. The molecule has 0 aliphatic rings. The number of nitro benzene ring substituents is 1. The predicted octanol–water partition coefficient (Wildman–Crippen LogP) is 1.83. The molecule has 0 saturated heterocycles. The maximum Gasteiger partial charge on any atom is 0.337 e. The highest BCUT2D eigenvalue weighted by Crippen LogP contribution is 2.24. The topological polar surface area (TPSA) is 127 Å². The van der Waals surface area contributed by atoms with E-state index in [1.165, 1.54) is 0 Å². The van der Waals surface area contributed by atoms with Crippen LogP contribution in [0.1, 0.15) is 30.1 Å². The van der Waals surface area contributed by atoms with Crippen LogP contribution in [-0.2, 0) is 10.0 Å². The molecule has 0 amide bonds. The van der Waals surface area contributed by atoms with Crippen LogP contribution in [0.4, 0.5) is 11.4 Å². The van der Waals surface area contributed by atoms with Crippen molar-refractivity contribution in [2.75, 3.05) is 10.5 Å². The number of nitro groups is 1.